The molecule has 1 amide bonds. The molecule has 2 heterocycles. The first-order valence-electron chi connectivity index (χ1n) is 11.7. The Labute approximate surface area is 211 Å². The number of fused-ring (bicyclic) bond motifs is 1. The molecule has 194 valence electrons. The van der Waals surface area contributed by atoms with E-state index in [4.69, 9.17) is 9.15 Å². The molecule has 4 N–H and O–H groups in total. The van der Waals surface area contributed by atoms with Crippen LogP contribution in [0.5, 0.6) is 5.75 Å². The molecular weight excluding hydrogens is 484 g/mol. The van der Waals surface area contributed by atoms with Crippen LogP contribution in [-0.4, -0.2) is 58.6 Å². The number of carboxylic acids is 1. The molecule has 0 saturated heterocycles. The lowest BCUT2D eigenvalue weighted by molar-refractivity contribution is -0.383. The predicted molar refractivity (Wildman–Crippen MR) is 134 cm³/mol. The highest BCUT2D eigenvalue weighted by Crippen LogP contribution is 2.28. The number of anilines is 1. The predicted octanol–water partition coefficient (Wildman–Crippen LogP) is 2.47. The number of nitrogens with one attached hydrogen (secondary N) is 3. The number of carbonyl (C=O) groups is 2. The summed E-state index contributed by atoms with van der Waals surface area (Å²) in [4.78, 5) is 42.6. The summed E-state index contributed by atoms with van der Waals surface area (Å²) in [5, 5.41) is 29.3. The molecule has 0 aliphatic carbocycles. The number of benzene rings is 2. The van der Waals surface area contributed by atoms with Gasteiger partial charge in [-0.25, -0.2) is 4.79 Å². The molecule has 1 atom stereocenters. The SMILES string of the molecule is O=C(CCCOc1ccc(C[C@H](Nc2nc3c([N+](=O)[O-])cccc3o2)C(=O)O)cc1)NC1=NCCCN1. The molecule has 0 bridgehead atoms. The second kappa shape index (κ2) is 11.8. The molecule has 0 fully saturated rings. The average Bonchev–Trinajstić information content (AvgIpc) is 3.30. The van der Waals surface area contributed by atoms with E-state index < -0.39 is 16.9 Å². The van der Waals surface area contributed by atoms with Crippen LogP contribution in [-0.2, 0) is 16.0 Å². The highest BCUT2D eigenvalue weighted by atomic mass is 16.6. The van der Waals surface area contributed by atoms with Gasteiger partial charge in [-0.3, -0.25) is 25.2 Å². The van der Waals surface area contributed by atoms with Crippen LogP contribution in [0.1, 0.15) is 24.8 Å². The molecule has 4 rings (SSSR count). The summed E-state index contributed by atoms with van der Waals surface area (Å²) in [5.74, 6) is -0.162. The second-order valence-corrected chi connectivity index (χ2v) is 8.29. The molecule has 13 nitrogen and oxygen atoms in total. The molecule has 37 heavy (non-hydrogen) atoms. The van der Waals surface area contributed by atoms with Crippen LogP contribution in [0.4, 0.5) is 11.7 Å². The first-order chi connectivity index (χ1) is 17.9. The van der Waals surface area contributed by atoms with Gasteiger partial charge in [0.2, 0.25) is 5.91 Å². The van der Waals surface area contributed by atoms with Crippen LogP contribution in [0.25, 0.3) is 11.1 Å². The van der Waals surface area contributed by atoms with E-state index in [2.05, 4.69) is 25.9 Å². The van der Waals surface area contributed by atoms with Crippen molar-refractivity contribution >= 4 is 40.6 Å². The van der Waals surface area contributed by atoms with Crippen molar-refractivity contribution in [2.45, 2.75) is 31.7 Å². The fourth-order valence-corrected chi connectivity index (χ4v) is 3.68. The van der Waals surface area contributed by atoms with E-state index >= 15 is 0 Å². The Hall–Kier alpha value is -4.68. The maximum absolute atomic E-state index is 12.0. The zero-order valence-corrected chi connectivity index (χ0v) is 19.8. The first kappa shape index (κ1) is 25.4. The van der Waals surface area contributed by atoms with Crippen molar-refractivity contribution in [2.75, 3.05) is 25.0 Å². The smallest absolute Gasteiger partial charge is 0.326 e. The van der Waals surface area contributed by atoms with Crippen LogP contribution in [0, 0.1) is 10.1 Å². The van der Waals surface area contributed by atoms with E-state index in [0.29, 0.717) is 37.7 Å². The lowest BCUT2D eigenvalue weighted by atomic mass is 10.1. The van der Waals surface area contributed by atoms with Gasteiger partial charge in [0, 0.05) is 32.0 Å². The van der Waals surface area contributed by atoms with Gasteiger partial charge in [0.05, 0.1) is 11.5 Å². The van der Waals surface area contributed by atoms with Gasteiger partial charge >= 0.3 is 5.97 Å². The highest BCUT2D eigenvalue weighted by Gasteiger charge is 2.23. The largest absolute Gasteiger partial charge is 0.494 e. The van der Waals surface area contributed by atoms with Crippen LogP contribution in [0.3, 0.4) is 0 Å². The van der Waals surface area contributed by atoms with Crippen molar-refractivity contribution in [1.29, 1.82) is 0 Å². The number of non-ortho nitro benzene ring substituents is 1. The Morgan fingerprint density at radius 1 is 1.24 bits per heavy atom. The Kier molecular flexibility index (Phi) is 8.13. The minimum atomic E-state index is -1.13. The van der Waals surface area contributed by atoms with Crippen LogP contribution < -0.4 is 20.7 Å². The van der Waals surface area contributed by atoms with E-state index in [1.807, 2.05) is 0 Å². The van der Waals surface area contributed by atoms with Crippen molar-refractivity contribution in [2.24, 2.45) is 4.99 Å². The quantitative estimate of drug-likeness (QED) is 0.170. The number of guanidine groups is 1. The van der Waals surface area contributed by atoms with Crippen molar-refractivity contribution in [3.05, 3.63) is 58.1 Å². The fraction of sp³-hybridized carbons (Fsp3) is 0.333. The number of hydrogen-bond acceptors (Lipinski definition) is 10. The minimum Gasteiger partial charge on any atom is -0.494 e. The lowest BCUT2D eigenvalue weighted by Gasteiger charge is -2.15. The second-order valence-electron chi connectivity index (χ2n) is 8.29. The number of hydrogen-bond donors (Lipinski definition) is 4. The molecule has 1 aliphatic rings. The van der Waals surface area contributed by atoms with Gasteiger partial charge in [0.1, 0.15) is 11.8 Å². The summed E-state index contributed by atoms with van der Waals surface area (Å²) in [7, 11) is 0. The van der Waals surface area contributed by atoms with Crippen LogP contribution >= 0.6 is 0 Å². The molecule has 0 radical (unpaired) electrons. The van der Waals surface area contributed by atoms with Gasteiger partial charge in [0.15, 0.2) is 17.1 Å². The number of nitrogens with zero attached hydrogens (tertiary/aromatic N) is 3. The Balaban J connectivity index is 1.27. The normalized spacial score (nSPS) is 13.8. The molecule has 1 aliphatic heterocycles. The summed E-state index contributed by atoms with van der Waals surface area (Å²) in [6.45, 7) is 1.84. The van der Waals surface area contributed by atoms with Crippen molar-refractivity contribution in [3.8, 4) is 5.75 Å². The number of carbonyl (C=O) groups excluding carboxylic acids is 1. The lowest BCUT2D eigenvalue weighted by Crippen LogP contribution is -2.43. The van der Waals surface area contributed by atoms with E-state index in [1.165, 1.54) is 18.2 Å². The van der Waals surface area contributed by atoms with Crippen molar-refractivity contribution < 1.29 is 28.8 Å². The number of nitro benzene ring substituents is 1. The summed E-state index contributed by atoms with van der Waals surface area (Å²) in [6.07, 6.45) is 1.87. The number of carboxylic acid groups (broad SMARTS) is 1. The molecule has 1 aromatic heterocycles. The molecular formula is C24H26N6O7. The van der Waals surface area contributed by atoms with Crippen LogP contribution in [0.2, 0.25) is 0 Å². The van der Waals surface area contributed by atoms with Crippen LogP contribution in [0.15, 0.2) is 51.9 Å². The third-order valence-corrected chi connectivity index (χ3v) is 5.53. The summed E-state index contributed by atoms with van der Waals surface area (Å²) >= 11 is 0. The number of aliphatic imine (C=N–C) groups is 1. The molecule has 0 unspecified atom stereocenters. The van der Waals surface area contributed by atoms with Gasteiger partial charge in [-0.15, -0.1) is 0 Å². The number of ether oxygens (including phenoxy) is 1. The monoisotopic (exact) mass is 510 g/mol. The maximum Gasteiger partial charge on any atom is 0.326 e. The number of nitro groups is 1. The van der Waals surface area contributed by atoms with Crippen molar-refractivity contribution in [1.82, 2.24) is 15.6 Å². The summed E-state index contributed by atoms with van der Waals surface area (Å²) in [6, 6.07) is 10.00. The standard InChI is InChI=1S/C24H26N6O7/c31-20(28-23-25-11-3-12-26-23)6-2-13-36-16-9-7-15(8-10-16)14-17(22(32)33)27-24-29-21-18(30(34)35)4-1-5-19(21)37-24/h1,4-5,7-10,17H,2-3,6,11-14H2,(H,27,29)(H,32,33)(H2,25,26,28,31)/t17-/m0/s1. The number of rotatable bonds is 11. The molecule has 0 spiro atoms. The Morgan fingerprint density at radius 3 is 2.76 bits per heavy atom. The topological polar surface area (TPSA) is 181 Å². The van der Waals surface area contributed by atoms with E-state index in [-0.39, 0.29) is 35.1 Å². The molecule has 0 saturated carbocycles. The number of oxazole rings is 1. The van der Waals surface area contributed by atoms with Gasteiger partial charge in [0.25, 0.3) is 11.7 Å². The van der Waals surface area contributed by atoms with E-state index in [9.17, 15) is 24.8 Å². The van der Waals surface area contributed by atoms with Gasteiger partial charge in [-0.05, 0) is 36.6 Å². The first-order valence-corrected chi connectivity index (χ1v) is 11.7. The minimum absolute atomic E-state index is 0.0394. The average molecular weight is 511 g/mol. The van der Waals surface area contributed by atoms with E-state index in [1.54, 1.807) is 24.3 Å². The number of aliphatic carboxylic acids is 1. The Bertz CT molecular complexity index is 1300. The zero-order valence-electron chi connectivity index (χ0n) is 19.8. The third kappa shape index (κ3) is 6.93. The number of aromatic nitrogens is 1. The number of amides is 1. The molecule has 3 aromatic rings. The zero-order chi connectivity index (χ0) is 26.2. The van der Waals surface area contributed by atoms with Gasteiger partial charge in [-0.2, -0.15) is 4.98 Å². The Morgan fingerprint density at radius 2 is 2.05 bits per heavy atom. The van der Waals surface area contributed by atoms with Gasteiger partial charge in [-0.1, -0.05) is 18.2 Å². The fourth-order valence-electron chi connectivity index (χ4n) is 3.68. The van der Waals surface area contributed by atoms with Crippen molar-refractivity contribution in [3.63, 3.8) is 0 Å². The highest BCUT2D eigenvalue weighted by molar-refractivity contribution is 5.97. The summed E-state index contributed by atoms with van der Waals surface area (Å²) in [5.41, 5.74) is 0.708. The summed E-state index contributed by atoms with van der Waals surface area (Å²) < 4.78 is 11.1. The maximum atomic E-state index is 12.0. The number of para-hydroxylation sites is 1. The molecule has 2 aromatic carbocycles. The molecule has 13 heteroatoms. The van der Waals surface area contributed by atoms with Gasteiger partial charge < -0.3 is 24.9 Å². The van der Waals surface area contributed by atoms with E-state index in [0.717, 1.165) is 18.5 Å². The third-order valence-electron chi connectivity index (χ3n) is 5.53.